The SMILES string of the molecule is CC(C)c1nnc(S[C@@H](C)C(=O)Nc2ccc(C(F)(F)F)cc2)o1. The molecule has 9 heteroatoms. The van der Waals surface area contributed by atoms with Crippen LogP contribution >= 0.6 is 11.8 Å². The topological polar surface area (TPSA) is 68.0 Å². The second-order valence-corrected chi connectivity index (χ2v) is 6.68. The van der Waals surface area contributed by atoms with Crippen molar-refractivity contribution in [1.29, 1.82) is 0 Å². The first-order valence-electron chi connectivity index (χ1n) is 7.15. The minimum atomic E-state index is -4.40. The standard InChI is InChI=1S/C15H16F3N3O2S/c1-8(2)13-20-21-14(23-13)24-9(3)12(22)19-11-6-4-10(5-7-11)15(16,17)18/h4-9H,1-3H3,(H,19,22)/t9-/m0/s1. The lowest BCUT2D eigenvalue weighted by Gasteiger charge is -2.11. The summed E-state index contributed by atoms with van der Waals surface area (Å²) in [7, 11) is 0. The van der Waals surface area contributed by atoms with E-state index in [0.29, 0.717) is 5.89 Å². The molecule has 24 heavy (non-hydrogen) atoms. The number of rotatable bonds is 5. The van der Waals surface area contributed by atoms with Gasteiger partial charge in [0.25, 0.3) is 5.22 Å². The molecule has 2 aromatic rings. The normalized spacial score (nSPS) is 13.1. The third-order valence-corrected chi connectivity index (χ3v) is 3.98. The summed E-state index contributed by atoms with van der Waals surface area (Å²) >= 11 is 1.08. The largest absolute Gasteiger partial charge is 0.416 e. The van der Waals surface area contributed by atoms with Gasteiger partial charge in [0.05, 0.1) is 10.8 Å². The van der Waals surface area contributed by atoms with E-state index in [0.717, 1.165) is 23.9 Å². The number of halogens is 3. The highest BCUT2D eigenvalue weighted by Crippen LogP contribution is 2.30. The maximum absolute atomic E-state index is 12.5. The zero-order chi connectivity index (χ0) is 17.9. The molecule has 0 spiro atoms. The van der Waals surface area contributed by atoms with Gasteiger partial charge in [-0.25, -0.2) is 0 Å². The Kier molecular flexibility index (Phi) is 5.53. The number of thioether (sulfide) groups is 1. The van der Waals surface area contributed by atoms with Crippen LogP contribution < -0.4 is 5.32 Å². The van der Waals surface area contributed by atoms with Gasteiger partial charge in [-0.1, -0.05) is 25.6 Å². The van der Waals surface area contributed by atoms with Crippen molar-refractivity contribution >= 4 is 23.4 Å². The molecule has 0 unspecified atom stereocenters. The zero-order valence-electron chi connectivity index (χ0n) is 13.2. The third kappa shape index (κ3) is 4.73. The van der Waals surface area contributed by atoms with Crippen molar-refractivity contribution in [2.75, 3.05) is 5.32 Å². The van der Waals surface area contributed by atoms with E-state index in [4.69, 9.17) is 4.42 Å². The van der Waals surface area contributed by atoms with Crippen molar-refractivity contribution in [3.63, 3.8) is 0 Å². The molecule has 1 amide bonds. The van der Waals surface area contributed by atoms with E-state index in [1.54, 1.807) is 6.92 Å². The molecule has 0 aliphatic rings. The molecule has 1 aromatic heterocycles. The lowest BCUT2D eigenvalue weighted by molar-refractivity contribution is -0.137. The quantitative estimate of drug-likeness (QED) is 0.805. The van der Waals surface area contributed by atoms with Crippen LogP contribution in [0.4, 0.5) is 18.9 Å². The Balaban J connectivity index is 1.95. The lowest BCUT2D eigenvalue weighted by Crippen LogP contribution is -2.22. The summed E-state index contributed by atoms with van der Waals surface area (Å²) in [5.41, 5.74) is -0.483. The first kappa shape index (κ1) is 18.3. The predicted molar refractivity (Wildman–Crippen MR) is 83.8 cm³/mol. The van der Waals surface area contributed by atoms with Crippen molar-refractivity contribution in [2.24, 2.45) is 0 Å². The Morgan fingerprint density at radius 2 is 1.79 bits per heavy atom. The first-order chi connectivity index (χ1) is 11.2. The summed E-state index contributed by atoms with van der Waals surface area (Å²) in [5.74, 6) is 0.194. The second kappa shape index (κ2) is 7.25. The maximum Gasteiger partial charge on any atom is 0.416 e. The average molecular weight is 359 g/mol. The molecule has 0 saturated carbocycles. The molecule has 2 rings (SSSR count). The minimum Gasteiger partial charge on any atom is -0.416 e. The van der Waals surface area contributed by atoms with E-state index in [1.807, 2.05) is 13.8 Å². The minimum absolute atomic E-state index is 0.0862. The van der Waals surface area contributed by atoms with Crippen molar-refractivity contribution in [2.45, 2.75) is 43.3 Å². The average Bonchev–Trinajstić information content (AvgIpc) is 2.95. The first-order valence-corrected chi connectivity index (χ1v) is 8.03. The van der Waals surface area contributed by atoms with Gasteiger partial charge in [-0.2, -0.15) is 13.2 Å². The molecule has 130 valence electrons. The molecule has 0 radical (unpaired) electrons. The summed E-state index contributed by atoms with van der Waals surface area (Å²) in [6, 6.07) is 4.25. The number of aromatic nitrogens is 2. The van der Waals surface area contributed by atoms with E-state index in [9.17, 15) is 18.0 Å². The molecule has 1 heterocycles. The number of carbonyl (C=O) groups is 1. The van der Waals surface area contributed by atoms with Crippen LogP contribution in [0.3, 0.4) is 0 Å². The number of hydrogen-bond donors (Lipinski definition) is 1. The number of nitrogens with zero attached hydrogens (tertiary/aromatic N) is 2. The Morgan fingerprint density at radius 1 is 1.17 bits per heavy atom. The highest BCUT2D eigenvalue weighted by atomic mass is 32.2. The number of alkyl halides is 3. The van der Waals surface area contributed by atoms with Gasteiger partial charge in [0.1, 0.15) is 0 Å². The molecule has 0 aliphatic heterocycles. The molecular formula is C15H16F3N3O2S. The molecule has 1 aromatic carbocycles. The van der Waals surface area contributed by atoms with Crippen LogP contribution in [0.2, 0.25) is 0 Å². The number of anilines is 1. The molecule has 0 bridgehead atoms. The van der Waals surface area contributed by atoms with Crippen molar-refractivity contribution in [3.8, 4) is 0 Å². The number of carbonyl (C=O) groups excluding carboxylic acids is 1. The van der Waals surface area contributed by atoms with Crippen LogP contribution in [0, 0.1) is 0 Å². The number of hydrogen-bond acceptors (Lipinski definition) is 5. The molecule has 1 N–H and O–H groups in total. The van der Waals surface area contributed by atoms with E-state index >= 15 is 0 Å². The zero-order valence-corrected chi connectivity index (χ0v) is 14.0. The van der Waals surface area contributed by atoms with Crippen LogP contribution in [0.1, 0.15) is 38.1 Å². The molecule has 0 aliphatic carbocycles. The van der Waals surface area contributed by atoms with Gasteiger partial charge in [-0.05, 0) is 31.2 Å². The Hall–Kier alpha value is -2.03. The van der Waals surface area contributed by atoms with E-state index in [1.165, 1.54) is 12.1 Å². The van der Waals surface area contributed by atoms with Crippen LogP contribution in [0.5, 0.6) is 0 Å². The second-order valence-electron chi connectivity index (χ2n) is 5.39. The van der Waals surface area contributed by atoms with Gasteiger partial charge in [-0.15, -0.1) is 10.2 Å². The maximum atomic E-state index is 12.5. The van der Waals surface area contributed by atoms with Gasteiger partial charge >= 0.3 is 6.18 Å². The van der Waals surface area contributed by atoms with E-state index < -0.39 is 17.0 Å². The Bertz CT molecular complexity index is 699. The fraction of sp³-hybridized carbons (Fsp3) is 0.400. The summed E-state index contributed by atoms with van der Waals surface area (Å²) in [4.78, 5) is 12.1. The van der Waals surface area contributed by atoms with Gasteiger partial charge < -0.3 is 9.73 Å². The van der Waals surface area contributed by atoms with Crippen LogP contribution in [-0.2, 0) is 11.0 Å². The van der Waals surface area contributed by atoms with Crippen LogP contribution in [0.15, 0.2) is 33.9 Å². The monoisotopic (exact) mass is 359 g/mol. The number of nitrogens with one attached hydrogen (secondary N) is 1. The molecule has 0 fully saturated rings. The summed E-state index contributed by atoms with van der Waals surface area (Å²) < 4.78 is 42.9. The molecule has 5 nitrogen and oxygen atoms in total. The van der Waals surface area contributed by atoms with Crippen LogP contribution in [0.25, 0.3) is 0 Å². The number of amides is 1. The Morgan fingerprint density at radius 3 is 2.29 bits per heavy atom. The highest BCUT2D eigenvalue weighted by Gasteiger charge is 2.30. The van der Waals surface area contributed by atoms with Gasteiger partial charge in [0.15, 0.2) is 0 Å². The molecular weight excluding hydrogens is 343 g/mol. The predicted octanol–water partition coefficient (Wildman–Crippen LogP) is 4.33. The van der Waals surface area contributed by atoms with Crippen LogP contribution in [-0.4, -0.2) is 21.4 Å². The summed E-state index contributed by atoms with van der Waals surface area (Å²) in [5, 5.41) is 9.99. The summed E-state index contributed by atoms with van der Waals surface area (Å²) in [6.07, 6.45) is -4.40. The van der Waals surface area contributed by atoms with E-state index in [2.05, 4.69) is 15.5 Å². The number of benzene rings is 1. The lowest BCUT2D eigenvalue weighted by atomic mass is 10.2. The highest BCUT2D eigenvalue weighted by molar-refractivity contribution is 8.00. The van der Waals surface area contributed by atoms with Crippen molar-refractivity contribution in [3.05, 3.63) is 35.7 Å². The van der Waals surface area contributed by atoms with Gasteiger partial charge in [-0.3, -0.25) is 4.79 Å². The van der Waals surface area contributed by atoms with E-state index in [-0.39, 0.29) is 22.7 Å². The van der Waals surface area contributed by atoms with Crippen molar-refractivity contribution < 1.29 is 22.4 Å². The molecule has 0 saturated heterocycles. The third-order valence-electron chi connectivity index (χ3n) is 3.04. The summed E-state index contributed by atoms with van der Waals surface area (Å²) in [6.45, 7) is 5.45. The fourth-order valence-electron chi connectivity index (χ4n) is 1.69. The fourth-order valence-corrected chi connectivity index (χ4v) is 2.38. The molecule has 1 atom stereocenters. The Labute approximate surface area is 141 Å². The van der Waals surface area contributed by atoms with Gasteiger partial charge in [0, 0.05) is 11.6 Å². The van der Waals surface area contributed by atoms with Gasteiger partial charge in [0.2, 0.25) is 11.8 Å². The smallest absolute Gasteiger partial charge is 0.416 e. The van der Waals surface area contributed by atoms with Crippen molar-refractivity contribution in [1.82, 2.24) is 10.2 Å².